The van der Waals surface area contributed by atoms with Crippen LogP contribution in [0.15, 0.2) is 22.9 Å². The summed E-state index contributed by atoms with van der Waals surface area (Å²) in [5.41, 5.74) is -0.895. The van der Waals surface area contributed by atoms with Gasteiger partial charge >= 0.3 is 6.18 Å². The van der Waals surface area contributed by atoms with Crippen LogP contribution in [-0.2, 0) is 11.0 Å². The van der Waals surface area contributed by atoms with Crippen LogP contribution in [0.4, 0.5) is 13.2 Å². The number of nitrogens with zero attached hydrogens (tertiary/aromatic N) is 4. The highest BCUT2D eigenvalue weighted by molar-refractivity contribution is 5.79. The first-order valence-electron chi connectivity index (χ1n) is 8.60. The first kappa shape index (κ1) is 19.3. The number of halogens is 3. The van der Waals surface area contributed by atoms with Crippen molar-refractivity contribution in [2.45, 2.75) is 32.0 Å². The summed E-state index contributed by atoms with van der Waals surface area (Å²) in [5, 5.41) is 6.55. The molecule has 1 unspecified atom stereocenters. The zero-order chi connectivity index (χ0) is 19.6. The fourth-order valence-electron chi connectivity index (χ4n) is 3.03. The van der Waals surface area contributed by atoms with Gasteiger partial charge in [0.15, 0.2) is 0 Å². The SMILES string of the molecule is C[C@H](NC(=O)C1CCCN(C)C1)c1nc(-c2ccnc(C(F)(F)F)c2)no1. The van der Waals surface area contributed by atoms with E-state index in [1.807, 2.05) is 7.05 Å². The summed E-state index contributed by atoms with van der Waals surface area (Å²) >= 11 is 0. The zero-order valence-electron chi connectivity index (χ0n) is 15.0. The Morgan fingerprint density at radius 1 is 1.44 bits per heavy atom. The number of carbonyl (C=O) groups excluding carboxylic acids is 1. The molecule has 3 rings (SSSR count). The van der Waals surface area contributed by atoms with E-state index in [1.54, 1.807) is 6.92 Å². The minimum atomic E-state index is -4.56. The molecule has 27 heavy (non-hydrogen) atoms. The minimum absolute atomic E-state index is 0.0106. The summed E-state index contributed by atoms with van der Waals surface area (Å²) in [6.45, 7) is 3.35. The molecule has 0 saturated carbocycles. The van der Waals surface area contributed by atoms with Gasteiger partial charge in [-0.1, -0.05) is 5.16 Å². The lowest BCUT2D eigenvalue weighted by Gasteiger charge is -2.29. The van der Waals surface area contributed by atoms with Crippen molar-refractivity contribution in [2.24, 2.45) is 5.92 Å². The maximum Gasteiger partial charge on any atom is 0.433 e. The van der Waals surface area contributed by atoms with Crippen LogP contribution in [-0.4, -0.2) is 46.1 Å². The van der Waals surface area contributed by atoms with E-state index in [4.69, 9.17) is 4.52 Å². The van der Waals surface area contributed by atoms with E-state index in [-0.39, 0.29) is 29.1 Å². The predicted octanol–water partition coefficient (Wildman–Crippen LogP) is 2.67. The number of amides is 1. The van der Waals surface area contributed by atoms with Gasteiger partial charge in [-0.3, -0.25) is 9.78 Å². The Kier molecular flexibility index (Phi) is 5.45. The molecule has 1 amide bonds. The van der Waals surface area contributed by atoms with E-state index in [0.29, 0.717) is 6.54 Å². The molecule has 1 fully saturated rings. The highest BCUT2D eigenvalue weighted by atomic mass is 19.4. The van der Waals surface area contributed by atoms with Crippen molar-refractivity contribution < 1.29 is 22.5 Å². The molecule has 7 nitrogen and oxygen atoms in total. The fourth-order valence-corrected chi connectivity index (χ4v) is 3.03. The molecule has 0 bridgehead atoms. The van der Waals surface area contributed by atoms with E-state index in [9.17, 15) is 18.0 Å². The van der Waals surface area contributed by atoms with Crippen molar-refractivity contribution in [3.8, 4) is 11.4 Å². The molecule has 0 aliphatic carbocycles. The fraction of sp³-hybridized carbons (Fsp3) is 0.529. The molecule has 0 radical (unpaired) electrons. The first-order valence-corrected chi connectivity index (χ1v) is 8.60. The summed E-state index contributed by atoms with van der Waals surface area (Å²) < 4.78 is 43.5. The van der Waals surface area contributed by atoms with Gasteiger partial charge < -0.3 is 14.7 Å². The molecule has 2 atom stereocenters. The number of alkyl halides is 3. The van der Waals surface area contributed by atoms with E-state index in [0.717, 1.165) is 31.6 Å². The molecule has 2 aromatic rings. The van der Waals surface area contributed by atoms with Crippen molar-refractivity contribution in [3.63, 3.8) is 0 Å². The van der Waals surface area contributed by atoms with Crippen LogP contribution in [0, 0.1) is 5.92 Å². The van der Waals surface area contributed by atoms with Gasteiger partial charge in [-0.2, -0.15) is 18.2 Å². The molecular weight excluding hydrogens is 363 g/mol. The number of rotatable bonds is 4. The molecular formula is C17H20F3N5O2. The lowest BCUT2D eigenvalue weighted by Crippen LogP contribution is -2.42. The highest BCUT2D eigenvalue weighted by Crippen LogP contribution is 2.30. The maximum absolute atomic E-state index is 12.8. The van der Waals surface area contributed by atoms with Gasteiger partial charge in [0.25, 0.3) is 0 Å². The number of hydrogen-bond acceptors (Lipinski definition) is 6. The molecule has 1 aliphatic heterocycles. The molecule has 1 N–H and O–H groups in total. The lowest BCUT2D eigenvalue weighted by atomic mass is 9.97. The molecule has 0 aromatic carbocycles. The average molecular weight is 383 g/mol. The Labute approximate surface area is 154 Å². The van der Waals surface area contributed by atoms with Gasteiger partial charge in [0.05, 0.1) is 5.92 Å². The quantitative estimate of drug-likeness (QED) is 0.874. The Hall–Kier alpha value is -2.49. The maximum atomic E-state index is 12.8. The van der Waals surface area contributed by atoms with Crippen LogP contribution in [0.3, 0.4) is 0 Å². The Morgan fingerprint density at radius 2 is 2.22 bits per heavy atom. The van der Waals surface area contributed by atoms with Crippen LogP contribution in [0.1, 0.15) is 37.4 Å². The van der Waals surface area contributed by atoms with E-state index in [2.05, 4.69) is 25.3 Å². The van der Waals surface area contributed by atoms with Gasteiger partial charge in [-0.15, -0.1) is 0 Å². The van der Waals surface area contributed by atoms with Crippen molar-refractivity contribution in [2.75, 3.05) is 20.1 Å². The average Bonchev–Trinajstić information content (AvgIpc) is 3.11. The normalized spacial score (nSPS) is 19.7. The van der Waals surface area contributed by atoms with Crippen LogP contribution in [0.25, 0.3) is 11.4 Å². The van der Waals surface area contributed by atoms with Gasteiger partial charge in [-0.05, 0) is 45.5 Å². The third-order valence-corrected chi connectivity index (χ3v) is 4.47. The molecule has 0 spiro atoms. The molecule has 3 heterocycles. The molecule has 146 valence electrons. The van der Waals surface area contributed by atoms with E-state index in [1.165, 1.54) is 6.07 Å². The Balaban J connectivity index is 1.69. The summed E-state index contributed by atoms with van der Waals surface area (Å²) in [6, 6.07) is 1.68. The van der Waals surface area contributed by atoms with E-state index < -0.39 is 17.9 Å². The number of aromatic nitrogens is 3. The summed E-state index contributed by atoms with van der Waals surface area (Å²) in [6.07, 6.45) is -1.75. The highest BCUT2D eigenvalue weighted by Gasteiger charge is 2.33. The van der Waals surface area contributed by atoms with Gasteiger partial charge in [0, 0.05) is 18.3 Å². The van der Waals surface area contributed by atoms with Crippen molar-refractivity contribution in [1.29, 1.82) is 0 Å². The third kappa shape index (κ3) is 4.62. The van der Waals surface area contributed by atoms with Crippen LogP contribution in [0.2, 0.25) is 0 Å². The predicted molar refractivity (Wildman–Crippen MR) is 89.3 cm³/mol. The number of carbonyl (C=O) groups is 1. The standard InChI is InChI=1S/C17H20F3N5O2/c1-10(22-15(26)12-4-3-7-25(2)9-12)16-23-14(24-27-16)11-5-6-21-13(8-11)17(18,19)20/h5-6,8,10,12H,3-4,7,9H2,1-2H3,(H,22,26)/t10-,12?/m0/s1. The second kappa shape index (κ2) is 7.63. The van der Waals surface area contributed by atoms with Crippen molar-refractivity contribution >= 4 is 5.91 Å². The number of piperidine rings is 1. The molecule has 10 heteroatoms. The molecule has 1 aliphatic rings. The summed E-state index contributed by atoms with van der Waals surface area (Å²) in [4.78, 5) is 21.9. The van der Waals surface area contributed by atoms with Gasteiger partial charge in [0.1, 0.15) is 11.7 Å². The third-order valence-electron chi connectivity index (χ3n) is 4.47. The first-order chi connectivity index (χ1) is 12.7. The van der Waals surface area contributed by atoms with Gasteiger partial charge in [0.2, 0.25) is 17.6 Å². The number of pyridine rings is 1. The number of nitrogens with one attached hydrogen (secondary N) is 1. The van der Waals surface area contributed by atoms with Crippen molar-refractivity contribution in [3.05, 3.63) is 29.9 Å². The topological polar surface area (TPSA) is 84.2 Å². The number of likely N-dealkylation sites (tertiary alicyclic amines) is 1. The monoisotopic (exact) mass is 383 g/mol. The second-order valence-electron chi connectivity index (χ2n) is 6.72. The largest absolute Gasteiger partial charge is 0.433 e. The Morgan fingerprint density at radius 3 is 2.93 bits per heavy atom. The molecule has 2 aromatic heterocycles. The van der Waals surface area contributed by atoms with E-state index >= 15 is 0 Å². The van der Waals surface area contributed by atoms with Crippen LogP contribution >= 0.6 is 0 Å². The van der Waals surface area contributed by atoms with Crippen LogP contribution < -0.4 is 5.32 Å². The lowest BCUT2D eigenvalue weighted by molar-refractivity contribution is -0.141. The summed E-state index contributed by atoms with van der Waals surface area (Å²) in [7, 11) is 1.97. The number of hydrogen-bond donors (Lipinski definition) is 1. The smallest absolute Gasteiger partial charge is 0.344 e. The second-order valence-corrected chi connectivity index (χ2v) is 6.72. The van der Waals surface area contributed by atoms with Crippen LogP contribution in [0.5, 0.6) is 0 Å². The minimum Gasteiger partial charge on any atom is -0.344 e. The van der Waals surface area contributed by atoms with Crippen molar-refractivity contribution in [1.82, 2.24) is 25.3 Å². The summed E-state index contributed by atoms with van der Waals surface area (Å²) in [5.74, 6) is -0.0653. The molecule has 1 saturated heterocycles. The van der Waals surface area contributed by atoms with Gasteiger partial charge in [-0.25, -0.2) is 0 Å². The zero-order valence-corrected chi connectivity index (χ0v) is 15.0. The Bertz CT molecular complexity index is 808.